The van der Waals surface area contributed by atoms with Crippen LogP contribution in [0.2, 0.25) is 5.02 Å². The number of amides is 1. The number of hydrogen-bond donors (Lipinski definition) is 0. The Bertz CT molecular complexity index is 1110. The minimum Gasteiger partial charge on any atom is -0.496 e. The second-order valence-electron chi connectivity index (χ2n) is 8.33. The molecule has 3 aromatic rings. The number of ether oxygens (including phenoxy) is 1. The van der Waals surface area contributed by atoms with Crippen LogP contribution in [0, 0.1) is 5.41 Å². The zero-order chi connectivity index (χ0) is 21.6. The molecule has 0 bridgehead atoms. The second kappa shape index (κ2) is 7.62. The molecule has 5 rings (SSSR count). The second-order valence-corrected chi connectivity index (χ2v) is 8.77. The predicted molar refractivity (Wildman–Crippen MR) is 114 cm³/mol. The summed E-state index contributed by atoms with van der Waals surface area (Å²) >= 11 is 6.10. The van der Waals surface area contributed by atoms with Gasteiger partial charge in [0.15, 0.2) is 0 Å². The number of aromatic nitrogens is 3. The number of pyridine rings is 1. The molecule has 2 aliphatic heterocycles. The van der Waals surface area contributed by atoms with Gasteiger partial charge < -0.3 is 14.2 Å². The molecule has 2 aromatic heterocycles. The molecule has 1 atom stereocenters. The lowest BCUT2D eigenvalue weighted by Gasteiger charge is -2.48. The molecule has 9 heteroatoms. The zero-order valence-corrected chi connectivity index (χ0v) is 18.0. The normalized spacial score (nSPS) is 20.1. The lowest BCUT2D eigenvalue weighted by atomic mass is 9.77. The summed E-state index contributed by atoms with van der Waals surface area (Å²) in [4.78, 5) is 25.7. The highest BCUT2D eigenvalue weighted by atomic mass is 35.5. The number of hydrogen-bond acceptors (Lipinski definition) is 7. The van der Waals surface area contributed by atoms with Crippen molar-refractivity contribution in [2.24, 2.45) is 5.41 Å². The van der Waals surface area contributed by atoms with Crippen LogP contribution in [0.25, 0.3) is 11.4 Å². The Balaban J connectivity index is 1.29. The molecule has 1 aromatic carbocycles. The van der Waals surface area contributed by atoms with E-state index in [2.05, 4.69) is 27.1 Å². The van der Waals surface area contributed by atoms with Gasteiger partial charge in [0.1, 0.15) is 5.75 Å². The van der Waals surface area contributed by atoms with E-state index in [4.69, 9.17) is 20.9 Å². The lowest BCUT2D eigenvalue weighted by Crippen LogP contribution is -2.59. The third-order valence-corrected chi connectivity index (χ3v) is 6.38. The van der Waals surface area contributed by atoms with E-state index in [0.717, 1.165) is 18.5 Å². The first kappa shape index (κ1) is 20.0. The van der Waals surface area contributed by atoms with Crippen LogP contribution in [0.3, 0.4) is 0 Å². The van der Waals surface area contributed by atoms with Gasteiger partial charge in [-0.05, 0) is 43.8 Å². The van der Waals surface area contributed by atoms with E-state index in [-0.39, 0.29) is 17.4 Å². The largest absolute Gasteiger partial charge is 0.496 e. The summed E-state index contributed by atoms with van der Waals surface area (Å²) in [6.07, 6.45) is 4.27. The van der Waals surface area contributed by atoms with Crippen LogP contribution in [-0.2, 0) is 0 Å². The lowest BCUT2D eigenvalue weighted by molar-refractivity contribution is 0.0112. The molecule has 0 saturated carbocycles. The number of likely N-dealkylation sites (tertiary alicyclic amines) is 2. The SMILES string of the molecule is COc1ccc(Cl)cc1C(=O)N1CC2(CC(c3nc(-c4ccncc4)no3)N(C)C2)C1. The maximum absolute atomic E-state index is 13.0. The van der Waals surface area contributed by atoms with Crippen LogP contribution in [0.1, 0.15) is 28.7 Å². The van der Waals surface area contributed by atoms with E-state index in [1.54, 1.807) is 37.7 Å². The Morgan fingerprint density at radius 2 is 2.00 bits per heavy atom. The first-order valence-electron chi connectivity index (χ1n) is 10.1. The van der Waals surface area contributed by atoms with Crippen molar-refractivity contribution in [2.45, 2.75) is 12.5 Å². The minimum absolute atomic E-state index is 0.0200. The van der Waals surface area contributed by atoms with Crippen LogP contribution in [0.4, 0.5) is 0 Å². The van der Waals surface area contributed by atoms with E-state index in [1.807, 2.05) is 17.0 Å². The van der Waals surface area contributed by atoms with Gasteiger partial charge in [-0.25, -0.2) is 0 Å². The van der Waals surface area contributed by atoms with Crippen molar-refractivity contribution in [3.8, 4) is 17.1 Å². The van der Waals surface area contributed by atoms with Crippen LogP contribution in [0.5, 0.6) is 5.75 Å². The van der Waals surface area contributed by atoms with E-state index in [1.165, 1.54) is 0 Å². The van der Waals surface area contributed by atoms with Crippen molar-refractivity contribution < 1.29 is 14.1 Å². The molecular weight excluding hydrogens is 418 g/mol. The number of carbonyl (C=O) groups excluding carboxylic acids is 1. The molecule has 1 amide bonds. The fraction of sp³-hybridized carbons (Fsp3) is 0.364. The molecule has 2 fully saturated rings. The topological polar surface area (TPSA) is 84.6 Å². The van der Waals surface area contributed by atoms with Crippen molar-refractivity contribution in [3.63, 3.8) is 0 Å². The molecule has 31 heavy (non-hydrogen) atoms. The number of halogens is 1. The van der Waals surface area contributed by atoms with Crippen molar-refractivity contribution >= 4 is 17.5 Å². The molecule has 4 heterocycles. The first-order chi connectivity index (χ1) is 15.0. The highest BCUT2D eigenvalue weighted by Gasteiger charge is 2.53. The quantitative estimate of drug-likeness (QED) is 0.616. The third-order valence-electron chi connectivity index (χ3n) is 6.14. The molecule has 2 saturated heterocycles. The summed E-state index contributed by atoms with van der Waals surface area (Å²) in [6.45, 7) is 2.21. The molecule has 0 aliphatic carbocycles. The van der Waals surface area contributed by atoms with E-state index >= 15 is 0 Å². The highest BCUT2D eigenvalue weighted by molar-refractivity contribution is 6.31. The summed E-state index contributed by atoms with van der Waals surface area (Å²) in [6, 6.07) is 8.84. The molecular formula is C22H22ClN5O3. The van der Waals surface area contributed by atoms with Gasteiger partial charge in [0.2, 0.25) is 11.7 Å². The third kappa shape index (κ3) is 3.55. The van der Waals surface area contributed by atoms with Crippen LogP contribution < -0.4 is 4.74 Å². The molecule has 160 valence electrons. The monoisotopic (exact) mass is 439 g/mol. The van der Waals surface area contributed by atoms with Gasteiger partial charge in [-0.15, -0.1) is 0 Å². The predicted octanol–water partition coefficient (Wildman–Crippen LogP) is 3.31. The van der Waals surface area contributed by atoms with Gasteiger partial charge in [-0.2, -0.15) is 4.98 Å². The van der Waals surface area contributed by atoms with Gasteiger partial charge in [0, 0.05) is 48.0 Å². The van der Waals surface area contributed by atoms with Gasteiger partial charge in [0.05, 0.1) is 18.7 Å². The Morgan fingerprint density at radius 3 is 2.74 bits per heavy atom. The zero-order valence-electron chi connectivity index (χ0n) is 17.3. The van der Waals surface area contributed by atoms with Gasteiger partial charge in [-0.3, -0.25) is 14.7 Å². The molecule has 1 unspecified atom stereocenters. The highest BCUT2D eigenvalue weighted by Crippen LogP contribution is 2.48. The molecule has 0 radical (unpaired) electrons. The van der Waals surface area contributed by atoms with Gasteiger partial charge in [-0.1, -0.05) is 16.8 Å². The molecule has 8 nitrogen and oxygen atoms in total. The minimum atomic E-state index is -0.0613. The Labute approximate surface area is 184 Å². The average molecular weight is 440 g/mol. The molecule has 1 spiro atoms. The summed E-state index contributed by atoms with van der Waals surface area (Å²) < 4.78 is 10.9. The van der Waals surface area contributed by atoms with Crippen LogP contribution in [0.15, 0.2) is 47.2 Å². The number of nitrogens with zero attached hydrogens (tertiary/aromatic N) is 5. The first-order valence-corrected chi connectivity index (χ1v) is 10.4. The Morgan fingerprint density at radius 1 is 1.23 bits per heavy atom. The van der Waals surface area contributed by atoms with Crippen molar-refractivity contribution in [1.29, 1.82) is 0 Å². The summed E-state index contributed by atoms with van der Waals surface area (Å²) in [7, 11) is 3.61. The fourth-order valence-electron chi connectivity index (χ4n) is 4.69. The maximum atomic E-state index is 13.0. The molecule has 0 N–H and O–H groups in total. The summed E-state index contributed by atoms with van der Waals surface area (Å²) in [5.41, 5.74) is 1.38. The van der Waals surface area contributed by atoms with E-state index in [0.29, 0.717) is 41.1 Å². The van der Waals surface area contributed by atoms with Crippen molar-refractivity contribution in [2.75, 3.05) is 33.8 Å². The Hall–Kier alpha value is -2.97. The average Bonchev–Trinajstić information content (AvgIpc) is 3.37. The van der Waals surface area contributed by atoms with Crippen LogP contribution >= 0.6 is 11.6 Å². The van der Waals surface area contributed by atoms with Gasteiger partial charge in [0.25, 0.3) is 5.91 Å². The number of rotatable bonds is 4. The standard InChI is InChI=1S/C22H22ClN5O3/c1-27-11-22(10-17(27)20-25-19(26-31-20)14-5-7-24-8-6-14)12-28(13-22)21(29)16-9-15(23)3-4-18(16)30-2/h3-9,17H,10-13H2,1-2H3. The van der Waals surface area contributed by atoms with Crippen LogP contribution in [-0.4, -0.2) is 64.6 Å². The van der Waals surface area contributed by atoms with Gasteiger partial charge >= 0.3 is 0 Å². The van der Waals surface area contributed by atoms with Crippen molar-refractivity contribution in [3.05, 3.63) is 59.2 Å². The Kier molecular flexibility index (Phi) is 4.91. The smallest absolute Gasteiger partial charge is 0.257 e. The number of carbonyl (C=O) groups is 1. The number of methoxy groups -OCH3 is 1. The maximum Gasteiger partial charge on any atom is 0.257 e. The van der Waals surface area contributed by atoms with E-state index < -0.39 is 0 Å². The summed E-state index contributed by atoms with van der Waals surface area (Å²) in [5.74, 6) is 1.64. The summed E-state index contributed by atoms with van der Waals surface area (Å²) in [5, 5.41) is 4.65. The van der Waals surface area contributed by atoms with E-state index in [9.17, 15) is 4.79 Å². The molecule has 2 aliphatic rings. The fourth-order valence-corrected chi connectivity index (χ4v) is 4.86. The van der Waals surface area contributed by atoms with Crippen molar-refractivity contribution in [1.82, 2.24) is 24.9 Å². The number of benzene rings is 1.